The van der Waals surface area contributed by atoms with E-state index in [0.717, 1.165) is 38.1 Å². The molecule has 7 nitrogen and oxygen atoms in total. The number of ether oxygens (including phenoxy) is 1. The summed E-state index contributed by atoms with van der Waals surface area (Å²) >= 11 is 0. The van der Waals surface area contributed by atoms with Gasteiger partial charge in [-0.25, -0.2) is 9.78 Å². The van der Waals surface area contributed by atoms with E-state index < -0.39 is 5.60 Å². The van der Waals surface area contributed by atoms with Gasteiger partial charge in [-0.2, -0.15) is 5.10 Å². The van der Waals surface area contributed by atoms with Gasteiger partial charge in [0.1, 0.15) is 11.9 Å². The summed E-state index contributed by atoms with van der Waals surface area (Å²) in [6.45, 7) is 6.47. The fourth-order valence-electron chi connectivity index (χ4n) is 2.66. The lowest BCUT2D eigenvalue weighted by molar-refractivity contribution is 0.0505. The average molecular weight is 309 g/mol. The minimum absolute atomic E-state index is 0.195. The van der Waals surface area contributed by atoms with Crippen LogP contribution >= 0.6 is 0 Å². The maximum Gasteiger partial charge on any atom is 0.407 e. The molecule has 0 spiro atoms. The maximum atomic E-state index is 11.8. The molecule has 1 aliphatic carbocycles. The highest BCUT2D eigenvalue weighted by atomic mass is 16.6. The van der Waals surface area contributed by atoms with Gasteiger partial charge >= 0.3 is 6.09 Å². The van der Waals surface area contributed by atoms with Gasteiger partial charge in [0.05, 0.1) is 0 Å². The van der Waals surface area contributed by atoms with Crippen molar-refractivity contribution in [3.05, 3.63) is 12.2 Å². The highest BCUT2D eigenvalue weighted by molar-refractivity contribution is 5.68. The molecular formula is C15H27N5O2. The molecule has 1 aromatic rings. The van der Waals surface area contributed by atoms with Crippen LogP contribution in [0.15, 0.2) is 6.33 Å². The molecule has 124 valence electrons. The number of amides is 1. The molecule has 0 radical (unpaired) electrons. The first kappa shape index (κ1) is 16.7. The van der Waals surface area contributed by atoms with E-state index in [-0.39, 0.29) is 12.1 Å². The lowest BCUT2D eigenvalue weighted by Crippen LogP contribution is -2.39. The normalized spacial score (nSPS) is 21.8. The van der Waals surface area contributed by atoms with Gasteiger partial charge < -0.3 is 15.4 Å². The molecule has 7 heteroatoms. The molecule has 0 aliphatic heterocycles. The Morgan fingerprint density at radius 1 is 1.41 bits per heavy atom. The van der Waals surface area contributed by atoms with Crippen LogP contribution in [0.25, 0.3) is 0 Å². The Morgan fingerprint density at radius 2 is 2.14 bits per heavy atom. The van der Waals surface area contributed by atoms with Crippen LogP contribution in [0.1, 0.15) is 45.9 Å². The SMILES string of the molecule is Cn1cnc(CCNC2CCC(NC(=O)OC(C)(C)C)C2)n1. The molecule has 1 heterocycles. The van der Waals surface area contributed by atoms with Crippen molar-refractivity contribution >= 4 is 6.09 Å². The lowest BCUT2D eigenvalue weighted by Gasteiger charge is -2.21. The van der Waals surface area contributed by atoms with Crippen LogP contribution in [0, 0.1) is 0 Å². The van der Waals surface area contributed by atoms with E-state index in [0.29, 0.717) is 6.04 Å². The van der Waals surface area contributed by atoms with Crippen molar-refractivity contribution in [2.24, 2.45) is 7.05 Å². The summed E-state index contributed by atoms with van der Waals surface area (Å²) in [6.07, 6.45) is 5.20. The molecule has 2 rings (SSSR count). The first-order chi connectivity index (χ1) is 10.3. The van der Waals surface area contributed by atoms with Gasteiger partial charge in [0, 0.05) is 32.1 Å². The molecule has 22 heavy (non-hydrogen) atoms. The van der Waals surface area contributed by atoms with Crippen molar-refractivity contribution in [3.63, 3.8) is 0 Å². The largest absolute Gasteiger partial charge is 0.444 e. The van der Waals surface area contributed by atoms with Crippen molar-refractivity contribution < 1.29 is 9.53 Å². The predicted octanol–water partition coefficient (Wildman–Crippen LogP) is 1.39. The Labute approximate surface area is 131 Å². The third-order valence-electron chi connectivity index (χ3n) is 3.58. The molecule has 2 N–H and O–H groups in total. The summed E-state index contributed by atoms with van der Waals surface area (Å²) in [4.78, 5) is 16.0. The van der Waals surface area contributed by atoms with Crippen molar-refractivity contribution in [1.82, 2.24) is 25.4 Å². The Balaban J connectivity index is 1.64. The zero-order valence-electron chi connectivity index (χ0n) is 13.9. The fraction of sp³-hybridized carbons (Fsp3) is 0.800. The highest BCUT2D eigenvalue weighted by Gasteiger charge is 2.27. The highest BCUT2D eigenvalue weighted by Crippen LogP contribution is 2.19. The zero-order chi connectivity index (χ0) is 16.2. The summed E-state index contributed by atoms with van der Waals surface area (Å²) in [5.41, 5.74) is -0.448. The second-order valence-corrected chi connectivity index (χ2v) is 6.89. The molecule has 1 aliphatic rings. The second kappa shape index (κ2) is 7.09. The molecule has 0 aromatic carbocycles. The summed E-state index contributed by atoms with van der Waals surface area (Å²) in [5.74, 6) is 0.858. The number of nitrogens with zero attached hydrogens (tertiary/aromatic N) is 3. The number of carbonyl (C=O) groups excluding carboxylic acids is 1. The topological polar surface area (TPSA) is 81.1 Å². The fourth-order valence-corrected chi connectivity index (χ4v) is 2.66. The van der Waals surface area contributed by atoms with E-state index in [1.54, 1.807) is 11.0 Å². The smallest absolute Gasteiger partial charge is 0.407 e. The van der Waals surface area contributed by atoms with Crippen molar-refractivity contribution in [3.8, 4) is 0 Å². The van der Waals surface area contributed by atoms with E-state index >= 15 is 0 Å². The van der Waals surface area contributed by atoms with Gasteiger partial charge in [-0.05, 0) is 40.0 Å². The summed E-state index contributed by atoms with van der Waals surface area (Å²) in [6, 6.07) is 0.629. The Hall–Kier alpha value is -1.63. The number of hydrogen-bond donors (Lipinski definition) is 2. The predicted molar refractivity (Wildman–Crippen MR) is 83.5 cm³/mol. The maximum absolute atomic E-state index is 11.8. The standard InChI is InChI=1S/C15H27N5O2/c1-15(2,3)22-14(21)18-12-6-5-11(9-12)16-8-7-13-17-10-20(4)19-13/h10-12,16H,5-9H2,1-4H3,(H,18,21). The van der Waals surface area contributed by atoms with Crippen LogP contribution in [-0.2, 0) is 18.2 Å². The van der Waals surface area contributed by atoms with Crippen LogP contribution in [0.4, 0.5) is 4.79 Å². The number of aryl methyl sites for hydroxylation is 1. The van der Waals surface area contributed by atoms with E-state index in [1.165, 1.54) is 0 Å². The van der Waals surface area contributed by atoms with Gasteiger partial charge in [-0.15, -0.1) is 0 Å². The number of rotatable bonds is 5. The summed E-state index contributed by atoms with van der Waals surface area (Å²) in [5, 5.41) is 10.7. The Morgan fingerprint density at radius 3 is 2.77 bits per heavy atom. The molecule has 1 fully saturated rings. The number of hydrogen-bond acceptors (Lipinski definition) is 5. The Kier molecular flexibility index (Phi) is 5.39. The summed E-state index contributed by atoms with van der Waals surface area (Å²) < 4.78 is 7.00. The van der Waals surface area contributed by atoms with Crippen LogP contribution in [0.5, 0.6) is 0 Å². The first-order valence-electron chi connectivity index (χ1n) is 7.89. The molecule has 0 bridgehead atoms. The van der Waals surface area contributed by atoms with E-state index in [2.05, 4.69) is 20.7 Å². The molecule has 1 amide bonds. The van der Waals surface area contributed by atoms with E-state index in [9.17, 15) is 4.79 Å². The van der Waals surface area contributed by atoms with Crippen LogP contribution in [0.3, 0.4) is 0 Å². The molecular weight excluding hydrogens is 282 g/mol. The lowest BCUT2D eigenvalue weighted by atomic mass is 10.2. The van der Waals surface area contributed by atoms with E-state index in [4.69, 9.17) is 4.74 Å². The number of nitrogens with one attached hydrogen (secondary N) is 2. The van der Waals surface area contributed by atoms with Crippen LogP contribution in [-0.4, -0.2) is 45.1 Å². The van der Waals surface area contributed by atoms with Gasteiger partial charge in [-0.3, -0.25) is 4.68 Å². The zero-order valence-corrected chi connectivity index (χ0v) is 13.9. The number of alkyl carbamates (subject to hydrolysis) is 1. The molecule has 1 saturated carbocycles. The van der Waals surface area contributed by atoms with Crippen LogP contribution < -0.4 is 10.6 Å². The minimum atomic E-state index is -0.448. The third kappa shape index (κ3) is 5.63. The molecule has 0 saturated heterocycles. The van der Waals surface area contributed by atoms with Gasteiger partial charge in [0.15, 0.2) is 5.82 Å². The van der Waals surface area contributed by atoms with Gasteiger partial charge in [0.25, 0.3) is 0 Å². The second-order valence-electron chi connectivity index (χ2n) is 6.89. The van der Waals surface area contributed by atoms with Gasteiger partial charge in [0.2, 0.25) is 0 Å². The van der Waals surface area contributed by atoms with Gasteiger partial charge in [-0.1, -0.05) is 0 Å². The van der Waals surface area contributed by atoms with Crippen LogP contribution in [0.2, 0.25) is 0 Å². The molecule has 2 atom stereocenters. The Bertz CT molecular complexity index is 494. The number of carbonyl (C=O) groups is 1. The number of aromatic nitrogens is 3. The van der Waals surface area contributed by atoms with Crippen molar-refractivity contribution in [2.75, 3.05) is 6.54 Å². The van der Waals surface area contributed by atoms with E-state index in [1.807, 2.05) is 27.8 Å². The van der Waals surface area contributed by atoms with Crippen molar-refractivity contribution in [2.45, 2.75) is 64.1 Å². The average Bonchev–Trinajstić information content (AvgIpc) is 2.97. The molecule has 1 aromatic heterocycles. The van der Waals surface area contributed by atoms with Crippen molar-refractivity contribution in [1.29, 1.82) is 0 Å². The summed E-state index contributed by atoms with van der Waals surface area (Å²) in [7, 11) is 1.87. The third-order valence-corrected chi connectivity index (χ3v) is 3.58. The minimum Gasteiger partial charge on any atom is -0.444 e. The monoisotopic (exact) mass is 309 g/mol. The quantitative estimate of drug-likeness (QED) is 0.859. The first-order valence-corrected chi connectivity index (χ1v) is 7.89. The molecule has 2 unspecified atom stereocenters.